The van der Waals surface area contributed by atoms with Crippen molar-refractivity contribution in [2.45, 2.75) is 6.92 Å². The Bertz CT molecular complexity index is 868. The van der Waals surface area contributed by atoms with Crippen molar-refractivity contribution in [2.75, 3.05) is 0 Å². The van der Waals surface area contributed by atoms with E-state index in [4.69, 9.17) is 23.2 Å². The monoisotopic (exact) mass is 384 g/mol. The van der Waals surface area contributed by atoms with Gasteiger partial charge in [0.05, 0.1) is 5.02 Å². The molecule has 1 aromatic heterocycles. The number of nitrogens with zero attached hydrogens (tertiary/aromatic N) is 2. The molecule has 0 unspecified atom stereocenters. The lowest BCUT2D eigenvalue weighted by atomic mass is 10.1. The van der Waals surface area contributed by atoms with Gasteiger partial charge in [0, 0.05) is 15.4 Å². The van der Waals surface area contributed by atoms with Crippen LogP contribution in [0.1, 0.15) is 5.56 Å². The molecule has 0 radical (unpaired) electrons. The molecule has 0 amide bonds. The van der Waals surface area contributed by atoms with Crippen LogP contribution in [0.4, 0.5) is 4.39 Å². The topological polar surface area (TPSA) is 25.8 Å². The lowest BCUT2D eigenvalue weighted by Gasteiger charge is -2.08. The Kier molecular flexibility index (Phi) is 3.86. The molecule has 2 nitrogen and oxygen atoms in total. The summed E-state index contributed by atoms with van der Waals surface area (Å²) in [5.41, 5.74) is 1.81. The Morgan fingerprint density at radius 3 is 2.57 bits per heavy atom. The first-order valence-corrected chi connectivity index (χ1v) is 7.59. The molecule has 0 aliphatic carbocycles. The average molecular weight is 386 g/mol. The van der Waals surface area contributed by atoms with E-state index in [0.29, 0.717) is 26.3 Å². The van der Waals surface area contributed by atoms with Crippen molar-refractivity contribution in [2.24, 2.45) is 0 Å². The molecule has 21 heavy (non-hydrogen) atoms. The predicted octanol–water partition coefficient (Wildman–Crippen LogP) is 5.81. The number of aromatic nitrogens is 2. The average Bonchev–Trinajstić information content (AvgIpc) is 2.40. The summed E-state index contributed by atoms with van der Waals surface area (Å²) < 4.78 is 14.7. The van der Waals surface area contributed by atoms with E-state index in [1.54, 1.807) is 18.2 Å². The number of halogens is 4. The van der Waals surface area contributed by atoms with Gasteiger partial charge in [-0.15, -0.1) is 0 Å². The van der Waals surface area contributed by atoms with E-state index in [0.717, 1.165) is 5.56 Å². The van der Waals surface area contributed by atoms with E-state index >= 15 is 0 Å². The van der Waals surface area contributed by atoms with Gasteiger partial charge in [-0.2, -0.15) is 0 Å². The third-order valence-corrected chi connectivity index (χ3v) is 4.10. The molecular formula is C15H8BrCl2FN2. The summed E-state index contributed by atoms with van der Waals surface area (Å²) >= 11 is 15.6. The van der Waals surface area contributed by atoms with Crippen molar-refractivity contribution in [3.63, 3.8) is 0 Å². The SMILES string of the molecule is Cc1ccc(-c2nc(Cl)c3cc(Br)cc(F)c3n2)c(Cl)c1. The van der Waals surface area contributed by atoms with Gasteiger partial charge in [-0.3, -0.25) is 0 Å². The van der Waals surface area contributed by atoms with Gasteiger partial charge in [0.25, 0.3) is 0 Å². The lowest BCUT2D eigenvalue weighted by Crippen LogP contribution is -1.95. The maximum absolute atomic E-state index is 14.1. The summed E-state index contributed by atoms with van der Waals surface area (Å²) in [4.78, 5) is 8.49. The Hall–Kier alpha value is -1.23. The highest BCUT2D eigenvalue weighted by Gasteiger charge is 2.14. The van der Waals surface area contributed by atoms with Gasteiger partial charge >= 0.3 is 0 Å². The van der Waals surface area contributed by atoms with Gasteiger partial charge in [-0.25, -0.2) is 14.4 Å². The highest BCUT2D eigenvalue weighted by atomic mass is 79.9. The van der Waals surface area contributed by atoms with Gasteiger partial charge in [0.1, 0.15) is 10.7 Å². The number of rotatable bonds is 1. The van der Waals surface area contributed by atoms with E-state index in [9.17, 15) is 4.39 Å². The third kappa shape index (κ3) is 2.76. The lowest BCUT2D eigenvalue weighted by molar-refractivity contribution is 0.636. The van der Waals surface area contributed by atoms with Crippen molar-refractivity contribution >= 4 is 50.0 Å². The second-order valence-electron chi connectivity index (χ2n) is 4.61. The molecule has 0 saturated heterocycles. The maximum Gasteiger partial charge on any atom is 0.163 e. The molecular weight excluding hydrogens is 378 g/mol. The molecule has 2 aromatic carbocycles. The van der Waals surface area contributed by atoms with E-state index in [2.05, 4.69) is 25.9 Å². The second-order valence-corrected chi connectivity index (χ2v) is 6.29. The molecule has 6 heteroatoms. The van der Waals surface area contributed by atoms with Crippen LogP contribution in [0, 0.1) is 12.7 Å². The van der Waals surface area contributed by atoms with Crippen molar-refractivity contribution in [3.8, 4) is 11.4 Å². The molecule has 0 aliphatic heterocycles. The highest BCUT2D eigenvalue weighted by molar-refractivity contribution is 9.10. The largest absolute Gasteiger partial charge is 0.225 e. The zero-order valence-corrected chi connectivity index (χ0v) is 13.9. The Balaban J connectivity index is 2.30. The Morgan fingerprint density at radius 1 is 1.10 bits per heavy atom. The number of hydrogen-bond donors (Lipinski definition) is 0. The standard InChI is InChI=1S/C15H8BrCl2FN2/c1-7-2-3-9(11(17)4-7)15-20-13-10(14(18)21-15)5-8(16)6-12(13)19/h2-6H,1H3. The fourth-order valence-corrected chi connectivity index (χ4v) is 3.02. The van der Waals surface area contributed by atoms with Crippen molar-refractivity contribution in [3.05, 3.63) is 56.4 Å². The van der Waals surface area contributed by atoms with Crippen LogP contribution in [0.15, 0.2) is 34.8 Å². The zero-order chi connectivity index (χ0) is 15.1. The summed E-state index contributed by atoms with van der Waals surface area (Å²) in [7, 11) is 0. The van der Waals surface area contributed by atoms with Gasteiger partial charge in [0.15, 0.2) is 11.6 Å². The molecule has 0 aliphatic rings. The molecule has 3 aromatic rings. The van der Waals surface area contributed by atoms with E-state index in [1.807, 2.05) is 13.0 Å². The minimum Gasteiger partial charge on any atom is -0.225 e. The van der Waals surface area contributed by atoms with Gasteiger partial charge in [-0.05, 0) is 36.8 Å². The third-order valence-electron chi connectivity index (χ3n) is 3.04. The van der Waals surface area contributed by atoms with E-state index in [-0.39, 0.29) is 10.7 Å². The summed E-state index contributed by atoms with van der Waals surface area (Å²) in [5.74, 6) is -0.160. The Morgan fingerprint density at radius 2 is 1.86 bits per heavy atom. The van der Waals surface area contributed by atoms with Crippen LogP contribution in [0.5, 0.6) is 0 Å². The van der Waals surface area contributed by atoms with Crippen molar-refractivity contribution in [1.29, 1.82) is 0 Å². The Labute approximate surface area is 139 Å². The molecule has 3 rings (SSSR count). The molecule has 0 bridgehead atoms. The van der Waals surface area contributed by atoms with Crippen LogP contribution in [0.2, 0.25) is 10.2 Å². The summed E-state index contributed by atoms with van der Waals surface area (Å²) in [6, 6.07) is 8.51. The molecule has 0 fully saturated rings. The van der Waals surface area contributed by atoms with E-state index in [1.165, 1.54) is 6.07 Å². The summed E-state index contributed by atoms with van der Waals surface area (Å²) in [5, 5.41) is 1.14. The zero-order valence-electron chi connectivity index (χ0n) is 10.8. The van der Waals surface area contributed by atoms with Crippen LogP contribution in [-0.4, -0.2) is 9.97 Å². The van der Waals surface area contributed by atoms with Gasteiger partial charge in [0.2, 0.25) is 0 Å². The summed E-state index contributed by atoms with van der Waals surface area (Å²) in [6.07, 6.45) is 0. The van der Waals surface area contributed by atoms with Crippen molar-refractivity contribution in [1.82, 2.24) is 9.97 Å². The smallest absolute Gasteiger partial charge is 0.163 e. The van der Waals surface area contributed by atoms with Crippen molar-refractivity contribution < 1.29 is 4.39 Å². The quantitative estimate of drug-likeness (QED) is 0.493. The van der Waals surface area contributed by atoms with Crippen LogP contribution in [-0.2, 0) is 0 Å². The summed E-state index contributed by atoms with van der Waals surface area (Å²) in [6.45, 7) is 1.93. The number of hydrogen-bond acceptors (Lipinski definition) is 2. The number of benzene rings is 2. The normalized spacial score (nSPS) is 11.1. The predicted molar refractivity (Wildman–Crippen MR) is 87.4 cm³/mol. The minimum atomic E-state index is -0.465. The van der Waals surface area contributed by atoms with Crippen LogP contribution < -0.4 is 0 Å². The second kappa shape index (κ2) is 5.52. The molecule has 106 valence electrons. The fraction of sp³-hybridized carbons (Fsp3) is 0.0667. The van der Waals surface area contributed by atoms with Gasteiger partial charge < -0.3 is 0 Å². The van der Waals surface area contributed by atoms with Crippen LogP contribution in [0.3, 0.4) is 0 Å². The number of aryl methyl sites for hydroxylation is 1. The van der Waals surface area contributed by atoms with Gasteiger partial charge in [-0.1, -0.05) is 45.2 Å². The highest BCUT2D eigenvalue weighted by Crippen LogP contribution is 2.32. The first-order chi connectivity index (χ1) is 9.95. The first kappa shape index (κ1) is 14.7. The minimum absolute atomic E-state index is 0.171. The van der Waals surface area contributed by atoms with Crippen LogP contribution >= 0.6 is 39.1 Å². The van der Waals surface area contributed by atoms with Crippen LogP contribution in [0.25, 0.3) is 22.3 Å². The molecule has 0 saturated carbocycles. The van der Waals surface area contributed by atoms with E-state index < -0.39 is 5.82 Å². The number of fused-ring (bicyclic) bond motifs is 1. The molecule has 1 heterocycles. The molecule has 0 N–H and O–H groups in total. The first-order valence-electron chi connectivity index (χ1n) is 6.04. The molecule has 0 atom stereocenters. The molecule has 0 spiro atoms. The maximum atomic E-state index is 14.1. The fourth-order valence-electron chi connectivity index (χ4n) is 2.04.